The Labute approximate surface area is 129 Å². The van der Waals surface area contributed by atoms with E-state index >= 15 is 0 Å². The Kier molecular flexibility index (Phi) is 5.05. The lowest BCUT2D eigenvalue weighted by atomic mass is 10.1. The minimum Gasteiger partial charge on any atom is -0.486 e. The average molecular weight is 328 g/mol. The van der Waals surface area contributed by atoms with Crippen molar-refractivity contribution in [3.8, 4) is 5.75 Å². The maximum Gasteiger partial charge on any atom is 0.240 e. The molecule has 7 nitrogen and oxygen atoms in total. The van der Waals surface area contributed by atoms with E-state index in [-0.39, 0.29) is 30.1 Å². The quantitative estimate of drug-likeness (QED) is 0.820. The Morgan fingerprint density at radius 1 is 1.50 bits per heavy atom. The maximum atomic E-state index is 12.1. The number of benzene rings is 1. The second kappa shape index (κ2) is 6.64. The summed E-state index contributed by atoms with van der Waals surface area (Å²) >= 11 is 0. The molecule has 0 saturated heterocycles. The fourth-order valence-corrected chi connectivity index (χ4v) is 3.31. The van der Waals surface area contributed by atoms with Crippen molar-refractivity contribution < 1.29 is 23.1 Å². The summed E-state index contributed by atoms with van der Waals surface area (Å²) in [6.07, 6.45) is 0.646. The van der Waals surface area contributed by atoms with Crippen LogP contribution in [0.15, 0.2) is 23.1 Å². The van der Waals surface area contributed by atoms with Gasteiger partial charge in [-0.25, -0.2) is 13.1 Å². The van der Waals surface area contributed by atoms with Crippen LogP contribution in [0.4, 0.5) is 5.69 Å². The fraction of sp³-hybridized carbons (Fsp3) is 0.500. The molecule has 1 amide bonds. The first-order valence-corrected chi connectivity index (χ1v) is 8.56. The van der Waals surface area contributed by atoms with Gasteiger partial charge in [0.2, 0.25) is 15.9 Å². The third kappa shape index (κ3) is 3.40. The van der Waals surface area contributed by atoms with Gasteiger partial charge >= 0.3 is 0 Å². The SMILES string of the molecule is CCC1CN(C(C)=O)c2cc(S(=O)(=O)NCCO)ccc2O1. The summed E-state index contributed by atoms with van der Waals surface area (Å²) in [5.74, 6) is 0.329. The Bertz CT molecular complexity index is 659. The van der Waals surface area contributed by atoms with Crippen molar-refractivity contribution in [1.29, 1.82) is 0 Å². The molecule has 0 spiro atoms. The summed E-state index contributed by atoms with van der Waals surface area (Å²) in [6.45, 7) is 3.44. The van der Waals surface area contributed by atoms with Gasteiger partial charge in [-0.2, -0.15) is 0 Å². The Morgan fingerprint density at radius 2 is 2.23 bits per heavy atom. The Morgan fingerprint density at radius 3 is 2.82 bits per heavy atom. The van der Waals surface area contributed by atoms with Crippen LogP contribution in [0, 0.1) is 0 Å². The third-order valence-corrected chi connectivity index (χ3v) is 4.91. The minimum absolute atomic E-state index is 0.0319. The molecule has 1 unspecified atom stereocenters. The molecule has 1 heterocycles. The molecule has 0 saturated carbocycles. The number of carbonyl (C=O) groups is 1. The van der Waals surface area contributed by atoms with E-state index in [9.17, 15) is 13.2 Å². The second-order valence-electron chi connectivity index (χ2n) is 5.03. The first-order valence-electron chi connectivity index (χ1n) is 7.08. The van der Waals surface area contributed by atoms with Gasteiger partial charge in [0, 0.05) is 13.5 Å². The number of aliphatic hydroxyl groups excluding tert-OH is 1. The van der Waals surface area contributed by atoms with Gasteiger partial charge in [0.1, 0.15) is 11.9 Å². The molecular weight excluding hydrogens is 308 g/mol. The van der Waals surface area contributed by atoms with Crippen molar-refractivity contribution in [2.75, 3.05) is 24.6 Å². The summed E-state index contributed by atoms with van der Waals surface area (Å²) < 4.78 is 32.2. The van der Waals surface area contributed by atoms with Crippen molar-refractivity contribution in [1.82, 2.24) is 4.72 Å². The number of nitrogens with one attached hydrogen (secondary N) is 1. The van der Waals surface area contributed by atoms with Gasteiger partial charge in [0.05, 0.1) is 23.7 Å². The molecular formula is C14H20N2O5S. The van der Waals surface area contributed by atoms with Gasteiger partial charge in [0.15, 0.2) is 0 Å². The summed E-state index contributed by atoms with van der Waals surface area (Å²) in [4.78, 5) is 13.4. The van der Waals surface area contributed by atoms with Crippen LogP contribution in [0.1, 0.15) is 20.3 Å². The fourth-order valence-electron chi connectivity index (χ4n) is 2.27. The lowest BCUT2D eigenvalue weighted by Gasteiger charge is -2.34. The number of aliphatic hydroxyl groups is 1. The monoisotopic (exact) mass is 328 g/mol. The van der Waals surface area contributed by atoms with Crippen LogP contribution in [0.3, 0.4) is 0 Å². The van der Waals surface area contributed by atoms with Crippen molar-refractivity contribution in [3.05, 3.63) is 18.2 Å². The van der Waals surface area contributed by atoms with E-state index in [0.717, 1.165) is 6.42 Å². The Hall–Kier alpha value is -1.64. The largest absolute Gasteiger partial charge is 0.486 e. The third-order valence-electron chi connectivity index (χ3n) is 3.45. The number of anilines is 1. The highest BCUT2D eigenvalue weighted by Gasteiger charge is 2.28. The first-order chi connectivity index (χ1) is 10.4. The van der Waals surface area contributed by atoms with Crippen molar-refractivity contribution in [3.63, 3.8) is 0 Å². The smallest absolute Gasteiger partial charge is 0.240 e. The van der Waals surface area contributed by atoms with Gasteiger partial charge in [-0.1, -0.05) is 6.92 Å². The molecule has 122 valence electrons. The molecule has 1 aromatic rings. The second-order valence-corrected chi connectivity index (χ2v) is 6.80. The standard InChI is InChI=1S/C14H20N2O5S/c1-3-11-9-16(10(2)18)13-8-12(4-5-14(13)21-11)22(19,20)15-6-7-17/h4-5,8,11,15,17H,3,6-7,9H2,1-2H3. The minimum atomic E-state index is -3.73. The topological polar surface area (TPSA) is 95.9 Å². The molecule has 0 aromatic heterocycles. The molecule has 1 aliphatic heterocycles. The summed E-state index contributed by atoms with van der Waals surface area (Å²) in [5.41, 5.74) is 0.448. The molecule has 1 aromatic carbocycles. The number of carbonyl (C=O) groups excluding carboxylic acids is 1. The first kappa shape index (κ1) is 16.7. The molecule has 22 heavy (non-hydrogen) atoms. The molecule has 8 heteroatoms. The maximum absolute atomic E-state index is 12.1. The van der Waals surface area contributed by atoms with Crippen LogP contribution in [-0.4, -0.2) is 45.2 Å². The van der Waals surface area contributed by atoms with Crippen LogP contribution in [0.2, 0.25) is 0 Å². The van der Waals surface area contributed by atoms with Crippen LogP contribution in [-0.2, 0) is 14.8 Å². The highest BCUT2D eigenvalue weighted by molar-refractivity contribution is 7.89. The molecule has 0 aliphatic carbocycles. The van der Waals surface area contributed by atoms with Crippen molar-refractivity contribution >= 4 is 21.6 Å². The molecule has 2 rings (SSSR count). The van der Waals surface area contributed by atoms with E-state index in [1.54, 1.807) is 6.07 Å². The predicted octanol–water partition coefficient (Wildman–Crippen LogP) is 0.481. The highest BCUT2D eigenvalue weighted by Crippen LogP contribution is 2.36. The number of amides is 1. The van der Waals surface area contributed by atoms with Crippen LogP contribution in [0.5, 0.6) is 5.75 Å². The van der Waals surface area contributed by atoms with Crippen LogP contribution < -0.4 is 14.4 Å². The van der Waals surface area contributed by atoms with Gasteiger partial charge < -0.3 is 14.7 Å². The van der Waals surface area contributed by atoms with Crippen LogP contribution >= 0.6 is 0 Å². The zero-order valence-corrected chi connectivity index (χ0v) is 13.4. The number of rotatable bonds is 5. The van der Waals surface area contributed by atoms with E-state index in [1.807, 2.05) is 6.92 Å². The number of nitrogens with zero attached hydrogens (tertiary/aromatic N) is 1. The molecule has 1 aliphatic rings. The molecule has 0 fully saturated rings. The van der Waals surface area contributed by atoms with Gasteiger partial charge in [-0.15, -0.1) is 0 Å². The molecule has 1 atom stereocenters. The molecule has 2 N–H and O–H groups in total. The van der Waals surface area contributed by atoms with E-state index < -0.39 is 10.0 Å². The van der Waals surface area contributed by atoms with Crippen molar-refractivity contribution in [2.45, 2.75) is 31.3 Å². The Balaban J connectivity index is 2.41. The van der Waals surface area contributed by atoms with Gasteiger partial charge in [0.25, 0.3) is 0 Å². The summed E-state index contributed by atoms with van der Waals surface area (Å²) in [5, 5.41) is 8.74. The van der Waals surface area contributed by atoms with Crippen LogP contribution in [0.25, 0.3) is 0 Å². The summed E-state index contributed by atoms with van der Waals surface area (Å²) in [6, 6.07) is 4.40. The van der Waals surface area contributed by atoms with E-state index in [0.29, 0.717) is 18.0 Å². The number of hydrogen-bond donors (Lipinski definition) is 2. The number of hydrogen-bond acceptors (Lipinski definition) is 5. The number of fused-ring (bicyclic) bond motifs is 1. The summed E-state index contributed by atoms with van der Waals surface area (Å²) in [7, 11) is -3.73. The van der Waals surface area contributed by atoms with Gasteiger partial charge in [-0.05, 0) is 24.6 Å². The predicted molar refractivity (Wildman–Crippen MR) is 81.5 cm³/mol. The molecule has 0 radical (unpaired) electrons. The normalized spacial score (nSPS) is 17.8. The zero-order chi connectivity index (χ0) is 16.3. The zero-order valence-electron chi connectivity index (χ0n) is 12.6. The van der Waals surface area contributed by atoms with E-state index in [2.05, 4.69) is 4.72 Å². The lowest BCUT2D eigenvalue weighted by molar-refractivity contribution is -0.117. The number of sulfonamides is 1. The van der Waals surface area contributed by atoms with Crippen molar-refractivity contribution in [2.24, 2.45) is 0 Å². The lowest BCUT2D eigenvalue weighted by Crippen LogP contribution is -2.42. The van der Waals surface area contributed by atoms with E-state index in [4.69, 9.17) is 9.84 Å². The van der Waals surface area contributed by atoms with E-state index in [1.165, 1.54) is 24.0 Å². The number of ether oxygens (including phenoxy) is 1. The average Bonchev–Trinajstić information content (AvgIpc) is 2.51. The highest BCUT2D eigenvalue weighted by atomic mass is 32.2. The molecule has 0 bridgehead atoms. The van der Waals surface area contributed by atoms with Gasteiger partial charge in [-0.3, -0.25) is 4.79 Å².